The fourth-order valence-electron chi connectivity index (χ4n) is 2.85. The van der Waals surface area contributed by atoms with Crippen molar-refractivity contribution in [2.45, 2.75) is 6.42 Å². The van der Waals surface area contributed by atoms with Gasteiger partial charge in [-0.15, -0.1) is 0 Å². The van der Waals surface area contributed by atoms with Crippen molar-refractivity contribution in [3.05, 3.63) is 70.6 Å². The molecule has 3 heterocycles. The summed E-state index contributed by atoms with van der Waals surface area (Å²) in [5, 5.41) is 2.93. The molecule has 3 aromatic rings. The van der Waals surface area contributed by atoms with Gasteiger partial charge in [0.15, 0.2) is 11.6 Å². The van der Waals surface area contributed by atoms with Gasteiger partial charge in [0.1, 0.15) is 17.1 Å². The topological polar surface area (TPSA) is 64.1 Å². The number of amides is 1. The molecule has 8 heteroatoms. The van der Waals surface area contributed by atoms with E-state index in [1.807, 2.05) is 12.1 Å². The first-order chi connectivity index (χ1) is 13.0. The van der Waals surface area contributed by atoms with Crippen molar-refractivity contribution in [1.29, 1.82) is 0 Å². The summed E-state index contributed by atoms with van der Waals surface area (Å²) in [6.07, 6.45) is 3.87. The molecule has 0 radical (unpaired) electrons. The van der Waals surface area contributed by atoms with Crippen LogP contribution in [0.4, 0.5) is 14.6 Å². The van der Waals surface area contributed by atoms with Crippen LogP contribution in [0.15, 0.2) is 42.9 Å². The average Bonchev–Trinajstić information content (AvgIpc) is 3.09. The number of halogens is 3. The van der Waals surface area contributed by atoms with E-state index in [4.69, 9.17) is 16.3 Å². The fourth-order valence-corrected chi connectivity index (χ4v) is 3.15. The molecule has 0 unspecified atom stereocenters. The minimum atomic E-state index is -1.05. The number of ether oxygens (including phenoxy) is 1. The number of aromatic nitrogens is 2. The standard InChI is InChI=1S/C19H12ClF2N3O2/c20-13-5-10-3-4-27-16(10)6-12(13)11-1-2-17(24-7-11)25-19(26)18-14(21)8-23-9-15(18)22/h1-2,5-9H,3-4H2,(H,24,25,26). The minimum absolute atomic E-state index is 0.146. The van der Waals surface area contributed by atoms with Gasteiger partial charge in [-0.3, -0.25) is 9.78 Å². The van der Waals surface area contributed by atoms with Crippen molar-refractivity contribution in [3.8, 4) is 16.9 Å². The third-order valence-electron chi connectivity index (χ3n) is 4.18. The van der Waals surface area contributed by atoms with Crippen LogP contribution in [0.5, 0.6) is 5.75 Å². The fraction of sp³-hybridized carbons (Fsp3) is 0.105. The van der Waals surface area contributed by atoms with E-state index < -0.39 is 23.1 Å². The third-order valence-corrected chi connectivity index (χ3v) is 4.49. The van der Waals surface area contributed by atoms with Crippen molar-refractivity contribution >= 4 is 23.3 Å². The number of nitrogens with zero attached hydrogens (tertiary/aromatic N) is 2. The Hall–Kier alpha value is -3.06. The molecule has 1 aromatic carbocycles. The number of carbonyl (C=O) groups excluding carboxylic acids is 1. The van der Waals surface area contributed by atoms with E-state index in [0.717, 1.165) is 41.3 Å². The Morgan fingerprint density at radius 3 is 2.63 bits per heavy atom. The molecule has 0 bridgehead atoms. The molecule has 1 N–H and O–H groups in total. The third kappa shape index (κ3) is 3.33. The number of hydrogen-bond donors (Lipinski definition) is 1. The Labute approximate surface area is 158 Å². The Morgan fingerprint density at radius 2 is 1.93 bits per heavy atom. The SMILES string of the molecule is O=C(Nc1ccc(-c2cc3c(cc2Cl)CCO3)cn1)c1c(F)cncc1F. The Balaban J connectivity index is 1.57. The van der Waals surface area contributed by atoms with Crippen molar-refractivity contribution in [3.63, 3.8) is 0 Å². The molecular formula is C19H12ClF2N3O2. The van der Waals surface area contributed by atoms with Gasteiger partial charge >= 0.3 is 0 Å². The molecule has 27 heavy (non-hydrogen) atoms. The van der Waals surface area contributed by atoms with Crippen LogP contribution in [0, 0.1) is 11.6 Å². The second-order valence-corrected chi connectivity index (χ2v) is 6.31. The van der Waals surface area contributed by atoms with E-state index in [0.29, 0.717) is 11.6 Å². The monoisotopic (exact) mass is 387 g/mol. The van der Waals surface area contributed by atoms with Crippen LogP contribution in [-0.4, -0.2) is 22.5 Å². The maximum atomic E-state index is 13.6. The van der Waals surface area contributed by atoms with E-state index in [2.05, 4.69) is 15.3 Å². The van der Waals surface area contributed by atoms with E-state index in [-0.39, 0.29) is 5.82 Å². The largest absolute Gasteiger partial charge is 0.493 e. The number of carbonyl (C=O) groups is 1. The highest BCUT2D eigenvalue weighted by molar-refractivity contribution is 6.33. The first-order valence-electron chi connectivity index (χ1n) is 8.05. The summed E-state index contributed by atoms with van der Waals surface area (Å²) in [4.78, 5) is 19.6. The van der Waals surface area contributed by atoms with Crippen molar-refractivity contribution in [2.24, 2.45) is 0 Å². The summed E-state index contributed by atoms with van der Waals surface area (Å²) in [6, 6.07) is 6.94. The average molecular weight is 388 g/mol. The van der Waals surface area contributed by atoms with E-state index in [1.54, 1.807) is 6.07 Å². The Morgan fingerprint density at radius 1 is 1.15 bits per heavy atom. The maximum absolute atomic E-state index is 13.6. The highest BCUT2D eigenvalue weighted by atomic mass is 35.5. The Bertz CT molecular complexity index is 1020. The highest BCUT2D eigenvalue weighted by Gasteiger charge is 2.19. The van der Waals surface area contributed by atoms with Gasteiger partial charge in [-0.1, -0.05) is 11.6 Å². The quantitative estimate of drug-likeness (QED) is 0.729. The predicted molar refractivity (Wildman–Crippen MR) is 96.0 cm³/mol. The zero-order chi connectivity index (χ0) is 19.0. The number of nitrogens with one attached hydrogen (secondary N) is 1. The molecule has 0 spiro atoms. The molecule has 0 atom stereocenters. The van der Waals surface area contributed by atoms with E-state index in [1.165, 1.54) is 12.3 Å². The lowest BCUT2D eigenvalue weighted by atomic mass is 10.0. The first-order valence-corrected chi connectivity index (χ1v) is 8.43. The van der Waals surface area contributed by atoms with Crippen LogP contribution >= 0.6 is 11.6 Å². The van der Waals surface area contributed by atoms with Crippen LogP contribution < -0.4 is 10.1 Å². The number of rotatable bonds is 3. The first kappa shape index (κ1) is 17.4. The summed E-state index contributed by atoms with van der Waals surface area (Å²) >= 11 is 6.34. The number of pyridine rings is 2. The van der Waals surface area contributed by atoms with E-state index >= 15 is 0 Å². The lowest BCUT2D eigenvalue weighted by Gasteiger charge is -2.09. The molecule has 0 saturated heterocycles. The van der Waals surface area contributed by atoms with E-state index in [9.17, 15) is 13.6 Å². The number of fused-ring (bicyclic) bond motifs is 1. The number of benzene rings is 1. The summed E-state index contributed by atoms with van der Waals surface area (Å²) < 4.78 is 32.8. The van der Waals surface area contributed by atoms with Crippen molar-refractivity contribution in [1.82, 2.24) is 9.97 Å². The number of anilines is 1. The van der Waals surface area contributed by atoms with Gasteiger partial charge in [-0.05, 0) is 29.8 Å². The molecule has 0 saturated carbocycles. The van der Waals surface area contributed by atoms with Gasteiger partial charge in [-0.25, -0.2) is 13.8 Å². The van der Waals surface area contributed by atoms with Crippen LogP contribution in [0.1, 0.15) is 15.9 Å². The molecule has 0 aliphatic carbocycles. The predicted octanol–water partition coefficient (Wildman–Crippen LogP) is 4.26. The van der Waals surface area contributed by atoms with Gasteiger partial charge in [0.05, 0.1) is 19.0 Å². The van der Waals surface area contributed by atoms with Gasteiger partial charge in [0, 0.05) is 28.8 Å². The molecule has 1 aliphatic heterocycles. The molecule has 2 aromatic heterocycles. The second kappa shape index (κ2) is 6.92. The van der Waals surface area contributed by atoms with Crippen molar-refractivity contribution < 1.29 is 18.3 Å². The minimum Gasteiger partial charge on any atom is -0.493 e. The normalized spacial score (nSPS) is 12.4. The van der Waals surface area contributed by atoms with Gasteiger partial charge in [0.25, 0.3) is 5.91 Å². The lowest BCUT2D eigenvalue weighted by molar-refractivity contribution is 0.101. The summed E-state index contributed by atoms with van der Waals surface area (Å²) in [5.41, 5.74) is 1.81. The van der Waals surface area contributed by atoms with Crippen molar-refractivity contribution in [2.75, 3.05) is 11.9 Å². The molecule has 0 fully saturated rings. The van der Waals surface area contributed by atoms with Crippen LogP contribution in [0.25, 0.3) is 11.1 Å². The van der Waals surface area contributed by atoms with Crippen LogP contribution in [0.3, 0.4) is 0 Å². The molecule has 1 amide bonds. The van der Waals surface area contributed by atoms with Gasteiger partial charge in [0.2, 0.25) is 0 Å². The molecule has 1 aliphatic rings. The molecule has 136 valence electrons. The lowest BCUT2D eigenvalue weighted by Crippen LogP contribution is -2.16. The summed E-state index contributed by atoms with van der Waals surface area (Å²) in [6.45, 7) is 0.625. The zero-order valence-corrected chi connectivity index (χ0v) is 14.6. The molecular weight excluding hydrogens is 376 g/mol. The van der Waals surface area contributed by atoms with Crippen LogP contribution in [-0.2, 0) is 6.42 Å². The zero-order valence-electron chi connectivity index (χ0n) is 13.8. The summed E-state index contributed by atoms with van der Waals surface area (Å²) in [5.74, 6) is -2.11. The smallest absolute Gasteiger partial charge is 0.262 e. The highest BCUT2D eigenvalue weighted by Crippen LogP contribution is 2.36. The maximum Gasteiger partial charge on any atom is 0.262 e. The van der Waals surface area contributed by atoms with Crippen LogP contribution in [0.2, 0.25) is 5.02 Å². The van der Waals surface area contributed by atoms with Gasteiger partial charge < -0.3 is 10.1 Å². The Kier molecular flexibility index (Phi) is 4.45. The second-order valence-electron chi connectivity index (χ2n) is 5.90. The molecule has 4 rings (SSSR count). The summed E-state index contributed by atoms with van der Waals surface area (Å²) in [7, 11) is 0. The van der Waals surface area contributed by atoms with Gasteiger partial charge in [-0.2, -0.15) is 0 Å². The molecule has 5 nitrogen and oxygen atoms in total. The number of hydrogen-bond acceptors (Lipinski definition) is 4.